The van der Waals surface area contributed by atoms with Gasteiger partial charge in [0.15, 0.2) is 11.5 Å². The summed E-state index contributed by atoms with van der Waals surface area (Å²) in [7, 11) is -1.34. The Labute approximate surface area is 257 Å². The van der Waals surface area contributed by atoms with Gasteiger partial charge in [-0.25, -0.2) is 8.42 Å². The highest BCUT2D eigenvalue weighted by Crippen LogP contribution is 2.34. The van der Waals surface area contributed by atoms with Gasteiger partial charge in [-0.15, -0.1) is 0 Å². The van der Waals surface area contributed by atoms with E-state index in [1.54, 1.807) is 49.4 Å². The molecule has 0 spiro atoms. The van der Waals surface area contributed by atoms with E-state index in [1.165, 1.54) is 43.4 Å². The molecule has 0 fully saturated rings. The predicted molar refractivity (Wildman–Crippen MR) is 165 cm³/mol. The summed E-state index contributed by atoms with van der Waals surface area (Å²) >= 11 is 12.3. The summed E-state index contributed by atoms with van der Waals surface area (Å²) in [5, 5.41) is 3.53. The Balaban J connectivity index is 2.08. The number of nitrogens with one attached hydrogen (secondary N) is 1. The molecule has 3 rings (SSSR count). The van der Waals surface area contributed by atoms with Crippen LogP contribution in [0.4, 0.5) is 5.69 Å². The summed E-state index contributed by atoms with van der Waals surface area (Å²) in [5.41, 5.74) is 0.792. The van der Waals surface area contributed by atoms with Crippen molar-refractivity contribution in [3.63, 3.8) is 0 Å². The zero-order chi connectivity index (χ0) is 31.0. The second kappa shape index (κ2) is 14.6. The Morgan fingerprint density at radius 1 is 0.905 bits per heavy atom. The predicted octanol–water partition coefficient (Wildman–Crippen LogP) is 5.54. The molecule has 2 atom stereocenters. The Hall–Kier alpha value is -3.47. The minimum atomic E-state index is -4.23. The molecule has 1 N–H and O–H groups in total. The molecule has 0 radical (unpaired) electrons. The van der Waals surface area contributed by atoms with Crippen LogP contribution in [0.15, 0.2) is 71.6 Å². The van der Waals surface area contributed by atoms with E-state index in [-0.39, 0.29) is 39.8 Å². The highest BCUT2D eigenvalue weighted by Gasteiger charge is 2.33. The number of sulfonamides is 1. The first kappa shape index (κ1) is 33.0. The van der Waals surface area contributed by atoms with Gasteiger partial charge in [-0.1, -0.05) is 54.4 Å². The molecule has 0 aromatic heterocycles. The molecular weight excluding hydrogens is 601 g/mol. The maximum absolute atomic E-state index is 14.1. The lowest BCUT2D eigenvalue weighted by Crippen LogP contribution is -2.52. The molecule has 12 heteroatoms. The van der Waals surface area contributed by atoms with Crippen molar-refractivity contribution in [2.45, 2.75) is 50.7 Å². The maximum Gasteiger partial charge on any atom is 0.264 e. The molecule has 0 aliphatic rings. The molecule has 226 valence electrons. The smallest absolute Gasteiger partial charge is 0.264 e. The quantitative estimate of drug-likeness (QED) is 0.264. The van der Waals surface area contributed by atoms with Crippen LogP contribution in [0.1, 0.15) is 32.8 Å². The highest BCUT2D eigenvalue weighted by atomic mass is 35.5. The first-order chi connectivity index (χ1) is 19.9. The van der Waals surface area contributed by atoms with Crippen LogP contribution >= 0.6 is 23.2 Å². The Morgan fingerprint density at radius 3 is 2.17 bits per heavy atom. The van der Waals surface area contributed by atoms with E-state index in [4.69, 9.17) is 32.7 Å². The van der Waals surface area contributed by atoms with Gasteiger partial charge >= 0.3 is 0 Å². The van der Waals surface area contributed by atoms with Crippen LogP contribution in [0.3, 0.4) is 0 Å². The van der Waals surface area contributed by atoms with E-state index in [0.717, 1.165) is 4.31 Å². The van der Waals surface area contributed by atoms with Crippen LogP contribution in [-0.4, -0.2) is 58.0 Å². The number of carbonyl (C=O) groups is 2. The number of nitrogens with zero attached hydrogens (tertiary/aromatic N) is 2. The Kier molecular flexibility index (Phi) is 11.5. The van der Waals surface area contributed by atoms with Crippen LogP contribution in [0.2, 0.25) is 10.0 Å². The van der Waals surface area contributed by atoms with Crippen molar-refractivity contribution in [2.75, 3.05) is 25.1 Å². The minimum Gasteiger partial charge on any atom is -0.493 e. The third-order valence-electron chi connectivity index (χ3n) is 6.77. The van der Waals surface area contributed by atoms with Crippen molar-refractivity contribution in [2.24, 2.45) is 0 Å². The summed E-state index contributed by atoms with van der Waals surface area (Å²) in [4.78, 5) is 28.6. The molecule has 2 amide bonds. The van der Waals surface area contributed by atoms with Gasteiger partial charge in [0.05, 0.1) is 34.8 Å². The Bertz CT molecular complexity index is 1500. The van der Waals surface area contributed by atoms with Crippen molar-refractivity contribution < 1.29 is 27.5 Å². The molecule has 0 heterocycles. The fraction of sp³-hybridized carbons (Fsp3) is 0.333. The number of benzene rings is 3. The van der Waals surface area contributed by atoms with Crippen LogP contribution in [0.25, 0.3) is 0 Å². The normalized spacial score (nSPS) is 12.6. The number of rotatable bonds is 13. The van der Waals surface area contributed by atoms with Crippen LogP contribution in [0.5, 0.6) is 11.5 Å². The second-order valence-corrected chi connectivity index (χ2v) is 12.3. The van der Waals surface area contributed by atoms with E-state index < -0.39 is 28.5 Å². The number of ether oxygens (including phenoxy) is 2. The van der Waals surface area contributed by atoms with E-state index >= 15 is 0 Å². The fourth-order valence-corrected chi connectivity index (χ4v) is 5.86. The van der Waals surface area contributed by atoms with E-state index in [2.05, 4.69) is 5.32 Å². The maximum atomic E-state index is 14.1. The van der Waals surface area contributed by atoms with Crippen LogP contribution in [0, 0.1) is 0 Å². The summed E-state index contributed by atoms with van der Waals surface area (Å²) in [5.74, 6) is -0.311. The summed E-state index contributed by atoms with van der Waals surface area (Å²) < 4.78 is 39.6. The van der Waals surface area contributed by atoms with Gasteiger partial charge < -0.3 is 19.7 Å². The molecular formula is C30H35Cl2N3O6S. The van der Waals surface area contributed by atoms with Gasteiger partial charge in [0.25, 0.3) is 10.0 Å². The molecule has 0 bridgehead atoms. The average Bonchev–Trinajstić information content (AvgIpc) is 2.99. The highest BCUT2D eigenvalue weighted by molar-refractivity contribution is 7.92. The van der Waals surface area contributed by atoms with Gasteiger partial charge in [0.2, 0.25) is 11.8 Å². The summed E-state index contributed by atoms with van der Waals surface area (Å²) in [6.45, 7) is 4.77. The molecule has 0 aliphatic carbocycles. The lowest BCUT2D eigenvalue weighted by atomic mass is 10.1. The van der Waals surface area contributed by atoms with E-state index in [1.807, 2.05) is 13.8 Å². The van der Waals surface area contributed by atoms with E-state index in [9.17, 15) is 18.0 Å². The van der Waals surface area contributed by atoms with Gasteiger partial charge in [0.1, 0.15) is 12.6 Å². The zero-order valence-corrected chi connectivity index (χ0v) is 26.5. The van der Waals surface area contributed by atoms with E-state index in [0.29, 0.717) is 22.8 Å². The number of amides is 2. The lowest BCUT2D eigenvalue weighted by molar-refractivity contribution is -0.139. The summed E-state index contributed by atoms with van der Waals surface area (Å²) in [6, 6.07) is 16.2. The average molecular weight is 637 g/mol. The van der Waals surface area contributed by atoms with Crippen molar-refractivity contribution in [3.05, 3.63) is 82.3 Å². The summed E-state index contributed by atoms with van der Waals surface area (Å²) in [6.07, 6.45) is 0.696. The van der Waals surface area contributed by atoms with Crippen molar-refractivity contribution in [1.82, 2.24) is 10.2 Å². The molecule has 9 nitrogen and oxygen atoms in total. The molecule has 3 aromatic rings. The largest absolute Gasteiger partial charge is 0.493 e. The monoisotopic (exact) mass is 635 g/mol. The van der Waals surface area contributed by atoms with Gasteiger partial charge in [-0.3, -0.25) is 13.9 Å². The molecule has 42 heavy (non-hydrogen) atoms. The van der Waals surface area contributed by atoms with Crippen molar-refractivity contribution >= 4 is 50.7 Å². The second-order valence-electron chi connectivity index (χ2n) is 9.63. The fourth-order valence-electron chi connectivity index (χ4n) is 4.11. The number of methoxy groups -OCH3 is 2. The third-order valence-corrected chi connectivity index (χ3v) is 9.30. The number of halogens is 2. The number of hydrogen-bond donors (Lipinski definition) is 1. The molecule has 0 aliphatic heterocycles. The zero-order valence-electron chi connectivity index (χ0n) is 24.1. The first-order valence-electron chi connectivity index (χ1n) is 13.3. The van der Waals surface area contributed by atoms with Crippen molar-refractivity contribution in [3.8, 4) is 11.5 Å². The van der Waals surface area contributed by atoms with Gasteiger partial charge in [-0.2, -0.15) is 0 Å². The number of carbonyl (C=O) groups excluding carboxylic acids is 2. The topological polar surface area (TPSA) is 105 Å². The van der Waals surface area contributed by atoms with Crippen molar-refractivity contribution in [1.29, 1.82) is 0 Å². The minimum absolute atomic E-state index is 0.00817. The van der Waals surface area contributed by atoms with Crippen LogP contribution in [-0.2, 0) is 26.2 Å². The molecule has 0 saturated heterocycles. The van der Waals surface area contributed by atoms with Gasteiger partial charge in [-0.05, 0) is 62.2 Å². The standard InChI is InChI=1S/C30H35Cl2N3O6S/c1-6-20(2)33-30(37)21(3)34(18-22-12-14-25(31)26(32)16-22)29(36)19-35(42(38,39)24-10-8-7-9-11-24)23-13-15-27(40-4)28(17-23)41-5/h7-17,20-21H,6,18-19H2,1-5H3,(H,33,37)/t20-,21+/m1/s1. The first-order valence-corrected chi connectivity index (χ1v) is 15.5. The van der Waals surface area contributed by atoms with Crippen LogP contribution < -0.4 is 19.1 Å². The third kappa shape index (κ3) is 7.87. The molecule has 0 unspecified atom stereocenters. The molecule has 0 saturated carbocycles. The number of anilines is 1. The lowest BCUT2D eigenvalue weighted by Gasteiger charge is -2.32. The van der Waals surface area contributed by atoms with Gasteiger partial charge in [0, 0.05) is 18.7 Å². The SMILES string of the molecule is CC[C@@H](C)NC(=O)[C@H](C)N(Cc1ccc(Cl)c(Cl)c1)C(=O)CN(c1ccc(OC)c(OC)c1)S(=O)(=O)c1ccccc1. The number of hydrogen-bond acceptors (Lipinski definition) is 6. The molecule has 3 aromatic carbocycles. The Morgan fingerprint density at radius 2 is 1.57 bits per heavy atom.